The number of rotatable bonds is 3. The lowest BCUT2D eigenvalue weighted by atomic mass is 9.98. The van der Waals surface area contributed by atoms with Gasteiger partial charge < -0.3 is 5.11 Å². The standard InChI is InChI=1S/C13H15Cl2NO2/c1-2-12(13(17)18)16-4-3-8-5-9(14)6-11(15)10(8)7-16/h5-6,12H,2-4,7H2,1H3,(H,17,18)/t12-/m0/s1. The van der Waals surface area contributed by atoms with Crippen molar-refractivity contribution in [3.8, 4) is 0 Å². The van der Waals surface area contributed by atoms with Gasteiger partial charge in [-0.2, -0.15) is 0 Å². The molecule has 1 atom stereocenters. The Labute approximate surface area is 116 Å². The molecule has 1 aliphatic heterocycles. The second-order valence-electron chi connectivity index (χ2n) is 4.51. The van der Waals surface area contributed by atoms with Crippen LogP contribution in [0.3, 0.4) is 0 Å². The summed E-state index contributed by atoms with van der Waals surface area (Å²) in [6.07, 6.45) is 1.38. The lowest BCUT2D eigenvalue weighted by Gasteiger charge is -2.33. The average molecular weight is 288 g/mol. The van der Waals surface area contributed by atoms with E-state index in [0.29, 0.717) is 23.0 Å². The fraction of sp³-hybridized carbons (Fsp3) is 0.462. The first-order valence-corrected chi connectivity index (χ1v) is 6.72. The number of hydrogen-bond acceptors (Lipinski definition) is 2. The Bertz CT molecular complexity index is 476. The van der Waals surface area contributed by atoms with Crippen LogP contribution in [0.5, 0.6) is 0 Å². The second-order valence-corrected chi connectivity index (χ2v) is 5.35. The summed E-state index contributed by atoms with van der Waals surface area (Å²) in [5.41, 5.74) is 2.14. The molecule has 0 fully saturated rings. The van der Waals surface area contributed by atoms with Crippen LogP contribution in [0.1, 0.15) is 24.5 Å². The van der Waals surface area contributed by atoms with Crippen molar-refractivity contribution < 1.29 is 9.90 Å². The highest BCUT2D eigenvalue weighted by molar-refractivity contribution is 6.35. The molecule has 98 valence electrons. The smallest absolute Gasteiger partial charge is 0.320 e. The monoisotopic (exact) mass is 287 g/mol. The van der Waals surface area contributed by atoms with Gasteiger partial charge in [-0.1, -0.05) is 30.1 Å². The molecule has 1 N–H and O–H groups in total. The number of fused-ring (bicyclic) bond motifs is 1. The van der Waals surface area contributed by atoms with Crippen molar-refractivity contribution in [2.75, 3.05) is 6.54 Å². The Morgan fingerprint density at radius 2 is 2.22 bits per heavy atom. The molecule has 1 aliphatic rings. The number of aliphatic carboxylic acids is 1. The summed E-state index contributed by atoms with van der Waals surface area (Å²) in [5.74, 6) is -0.772. The summed E-state index contributed by atoms with van der Waals surface area (Å²) in [7, 11) is 0. The molecule has 0 unspecified atom stereocenters. The summed E-state index contributed by atoms with van der Waals surface area (Å²) in [6, 6.07) is 3.19. The normalized spacial score (nSPS) is 17.3. The van der Waals surface area contributed by atoms with E-state index in [0.717, 1.165) is 24.1 Å². The quantitative estimate of drug-likeness (QED) is 0.928. The fourth-order valence-electron chi connectivity index (χ4n) is 2.46. The van der Waals surface area contributed by atoms with Crippen molar-refractivity contribution in [2.45, 2.75) is 32.4 Å². The fourth-order valence-corrected chi connectivity index (χ4v) is 3.05. The number of halogens is 2. The van der Waals surface area contributed by atoms with E-state index in [1.165, 1.54) is 0 Å². The van der Waals surface area contributed by atoms with E-state index in [1.807, 2.05) is 17.9 Å². The summed E-state index contributed by atoms with van der Waals surface area (Å²) < 4.78 is 0. The van der Waals surface area contributed by atoms with Crippen LogP contribution in [0.25, 0.3) is 0 Å². The number of hydrogen-bond donors (Lipinski definition) is 1. The maximum Gasteiger partial charge on any atom is 0.320 e. The third-order valence-electron chi connectivity index (χ3n) is 3.39. The van der Waals surface area contributed by atoms with Crippen LogP contribution in [0, 0.1) is 0 Å². The highest BCUT2D eigenvalue weighted by Crippen LogP contribution is 2.30. The van der Waals surface area contributed by atoms with E-state index in [-0.39, 0.29) is 0 Å². The predicted molar refractivity (Wildman–Crippen MR) is 72.3 cm³/mol. The first-order chi connectivity index (χ1) is 8.52. The Kier molecular flexibility index (Phi) is 4.15. The van der Waals surface area contributed by atoms with Crippen molar-refractivity contribution in [3.63, 3.8) is 0 Å². The molecular formula is C13H15Cl2NO2. The van der Waals surface area contributed by atoms with Crippen LogP contribution in [0.15, 0.2) is 12.1 Å². The maximum absolute atomic E-state index is 11.2. The molecule has 0 amide bonds. The third-order valence-corrected chi connectivity index (χ3v) is 3.95. The topological polar surface area (TPSA) is 40.5 Å². The average Bonchev–Trinajstić information content (AvgIpc) is 2.30. The highest BCUT2D eigenvalue weighted by Gasteiger charge is 2.28. The zero-order valence-electron chi connectivity index (χ0n) is 10.1. The van der Waals surface area contributed by atoms with Gasteiger partial charge in [0, 0.05) is 23.1 Å². The number of benzene rings is 1. The molecule has 0 saturated heterocycles. The minimum atomic E-state index is -0.772. The number of carboxylic acids is 1. The van der Waals surface area contributed by atoms with Gasteiger partial charge in [0.05, 0.1) is 0 Å². The first kappa shape index (κ1) is 13.7. The Hall–Kier alpha value is -0.770. The molecule has 18 heavy (non-hydrogen) atoms. The zero-order valence-corrected chi connectivity index (χ0v) is 11.6. The van der Waals surface area contributed by atoms with Crippen LogP contribution in [-0.2, 0) is 17.8 Å². The van der Waals surface area contributed by atoms with Crippen molar-refractivity contribution >= 4 is 29.2 Å². The number of nitrogens with zero attached hydrogens (tertiary/aromatic N) is 1. The van der Waals surface area contributed by atoms with Crippen LogP contribution < -0.4 is 0 Å². The highest BCUT2D eigenvalue weighted by atomic mass is 35.5. The van der Waals surface area contributed by atoms with Gasteiger partial charge in [0.2, 0.25) is 0 Å². The molecule has 0 saturated carbocycles. The molecule has 0 radical (unpaired) electrons. The van der Waals surface area contributed by atoms with E-state index < -0.39 is 12.0 Å². The van der Waals surface area contributed by atoms with E-state index in [4.69, 9.17) is 23.2 Å². The second kappa shape index (κ2) is 5.47. The first-order valence-electron chi connectivity index (χ1n) is 5.96. The van der Waals surface area contributed by atoms with Crippen molar-refractivity contribution in [2.24, 2.45) is 0 Å². The largest absolute Gasteiger partial charge is 0.480 e. The lowest BCUT2D eigenvalue weighted by Crippen LogP contribution is -2.43. The summed E-state index contributed by atoms with van der Waals surface area (Å²) in [5, 5.41) is 10.5. The van der Waals surface area contributed by atoms with E-state index >= 15 is 0 Å². The molecular weight excluding hydrogens is 273 g/mol. The molecule has 5 heteroatoms. The van der Waals surface area contributed by atoms with Crippen LogP contribution in [0.4, 0.5) is 0 Å². The van der Waals surface area contributed by atoms with Crippen LogP contribution in [-0.4, -0.2) is 28.6 Å². The van der Waals surface area contributed by atoms with Crippen molar-refractivity contribution in [1.29, 1.82) is 0 Å². The Balaban J connectivity index is 2.27. The van der Waals surface area contributed by atoms with Crippen LogP contribution >= 0.6 is 23.2 Å². The Morgan fingerprint density at radius 1 is 1.50 bits per heavy atom. The van der Waals surface area contributed by atoms with Crippen LogP contribution in [0.2, 0.25) is 10.0 Å². The minimum Gasteiger partial charge on any atom is -0.480 e. The van der Waals surface area contributed by atoms with E-state index in [2.05, 4.69) is 0 Å². The van der Waals surface area contributed by atoms with Gasteiger partial charge in [0.1, 0.15) is 6.04 Å². The van der Waals surface area contributed by atoms with Gasteiger partial charge in [-0.3, -0.25) is 9.69 Å². The minimum absolute atomic E-state index is 0.440. The van der Waals surface area contributed by atoms with E-state index in [9.17, 15) is 9.90 Å². The third kappa shape index (κ3) is 2.63. The van der Waals surface area contributed by atoms with Gasteiger partial charge in [-0.05, 0) is 36.1 Å². The molecule has 0 aromatic heterocycles. The molecule has 1 heterocycles. The lowest BCUT2D eigenvalue weighted by molar-refractivity contribution is -0.143. The van der Waals surface area contributed by atoms with Gasteiger partial charge in [0.25, 0.3) is 0 Å². The summed E-state index contributed by atoms with van der Waals surface area (Å²) in [4.78, 5) is 13.1. The van der Waals surface area contributed by atoms with E-state index in [1.54, 1.807) is 6.07 Å². The molecule has 0 spiro atoms. The molecule has 0 aliphatic carbocycles. The molecule has 0 bridgehead atoms. The molecule has 2 rings (SSSR count). The summed E-state index contributed by atoms with van der Waals surface area (Å²) in [6.45, 7) is 3.20. The predicted octanol–water partition coefficient (Wildman–Crippen LogP) is 3.21. The van der Waals surface area contributed by atoms with Crippen molar-refractivity contribution in [1.82, 2.24) is 4.90 Å². The maximum atomic E-state index is 11.2. The molecule has 3 nitrogen and oxygen atoms in total. The number of carbonyl (C=O) groups is 1. The number of carboxylic acid groups (broad SMARTS) is 1. The molecule has 1 aromatic rings. The van der Waals surface area contributed by atoms with Crippen molar-refractivity contribution in [3.05, 3.63) is 33.3 Å². The zero-order chi connectivity index (χ0) is 13.3. The summed E-state index contributed by atoms with van der Waals surface area (Å²) >= 11 is 12.1. The van der Waals surface area contributed by atoms with Gasteiger partial charge >= 0.3 is 5.97 Å². The molecule has 1 aromatic carbocycles. The Morgan fingerprint density at radius 3 is 2.83 bits per heavy atom. The van der Waals surface area contributed by atoms with Gasteiger partial charge in [0.15, 0.2) is 0 Å². The SMILES string of the molecule is CC[C@@H](C(=O)O)N1CCc2cc(Cl)cc(Cl)c2C1. The van der Waals surface area contributed by atoms with Gasteiger partial charge in [-0.15, -0.1) is 0 Å². The van der Waals surface area contributed by atoms with Gasteiger partial charge in [-0.25, -0.2) is 0 Å².